The van der Waals surface area contributed by atoms with Gasteiger partial charge < -0.3 is 4.90 Å². The molecule has 0 unspecified atom stereocenters. The molecule has 0 bridgehead atoms. The van der Waals surface area contributed by atoms with E-state index >= 15 is 0 Å². The van der Waals surface area contributed by atoms with E-state index in [9.17, 15) is 4.79 Å². The van der Waals surface area contributed by atoms with Crippen LogP contribution < -0.4 is 0 Å². The fourth-order valence-electron chi connectivity index (χ4n) is 2.99. The van der Waals surface area contributed by atoms with Gasteiger partial charge in [0.25, 0.3) is 5.91 Å². The van der Waals surface area contributed by atoms with Crippen molar-refractivity contribution in [1.29, 1.82) is 0 Å². The first-order valence-electron chi connectivity index (χ1n) is 8.90. The number of fused-ring (bicyclic) bond motifs is 1. The third-order valence-corrected chi connectivity index (χ3v) is 4.44. The highest BCUT2D eigenvalue weighted by atomic mass is 16.2. The van der Waals surface area contributed by atoms with Crippen LogP contribution in [0, 0.1) is 6.92 Å². The van der Waals surface area contributed by atoms with Gasteiger partial charge in [-0.15, -0.1) is 0 Å². The number of hydrogen-bond donors (Lipinski definition) is 0. The number of amides is 1. The Bertz CT molecular complexity index is 1150. The van der Waals surface area contributed by atoms with Crippen molar-refractivity contribution in [3.8, 4) is 22.8 Å². The summed E-state index contributed by atoms with van der Waals surface area (Å²) in [5.74, 6) is 0.481. The minimum atomic E-state index is -0.0662. The maximum Gasteiger partial charge on any atom is 0.254 e. The van der Waals surface area contributed by atoms with Crippen molar-refractivity contribution in [2.75, 3.05) is 14.1 Å². The third kappa shape index (κ3) is 3.32. The van der Waals surface area contributed by atoms with Gasteiger partial charge in [-0.1, -0.05) is 18.2 Å². The molecule has 0 aliphatic heterocycles. The molecule has 0 spiro atoms. The Hall–Kier alpha value is -3.67. The molecular weight excluding hydrogens is 350 g/mol. The Labute approximate surface area is 162 Å². The van der Waals surface area contributed by atoms with Gasteiger partial charge in [0.2, 0.25) is 0 Å². The number of nitrogens with zero attached hydrogens (tertiary/aromatic N) is 5. The lowest BCUT2D eigenvalue weighted by molar-refractivity contribution is 0.0829. The van der Waals surface area contributed by atoms with E-state index in [1.807, 2.05) is 43.3 Å². The summed E-state index contributed by atoms with van der Waals surface area (Å²) in [7, 11) is 3.49. The van der Waals surface area contributed by atoms with Crippen LogP contribution in [0.4, 0.5) is 0 Å². The molecule has 0 aliphatic rings. The summed E-state index contributed by atoms with van der Waals surface area (Å²) in [5.41, 5.74) is 4.59. The lowest BCUT2D eigenvalue weighted by Gasteiger charge is -2.14. The second kappa shape index (κ2) is 7.15. The predicted octanol–water partition coefficient (Wildman–Crippen LogP) is 3.76. The van der Waals surface area contributed by atoms with E-state index in [4.69, 9.17) is 4.98 Å². The van der Waals surface area contributed by atoms with E-state index < -0.39 is 0 Å². The largest absolute Gasteiger partial charge is 0.345 e. The SMILES string of the molecule is Cc1ccc2c(C(=O)N(C)C)cc(-c3cnc(-c4ccccn4)nc3)nc2c1. The molecule has 1 aromatic carbocycles. The molecule has 4 aromatic rings. The normalized spacial score (nSPS) is 10.8. The quantitative estimate of drug-likeness (QED) is 0.550. The molecule has 0 fully saturated rings. The first-order valence-corrected chi connectivity index (χ1v) is 8.90. The second-order valence-electron chi connectivity index (χ2n) is 6.79. The highest BCUT2D eigenvalue weighted by Gasteiger charge is 2.16. The number of carbonyl (C=O) groups excluding carboxylic acids is 1. The molecule has 6 heteroatoms. The Morgan fingerprint density at radius 2 is 1.71 bits per heavy atom. The molecule has 0 aliphatic carbocycles. The number of aromatic nitrogens is 4. The van der Waals surface area contributed by atoms with Crippen LogP contribution in [0.3, 0.4) is 0 Å². The zero-order valence-electron chi connectivity index (χ0n) is 15.9. The second-order valence-corrected chi connectivity index (χ2v) is 6.79. The summed E-state index contributed by atoms with van der Waals surface area (Å²) in [6, 6.07) is 13.3. The van der Waals surface area contributed by atoms with E-state index in [0.29, 0.717) is 22.8 Å². The van der Waals surface area contributed by atoms with Gasteiger partial charge in [0.1, 0.15) is 5.69 Å². The smallest absolute Gasteiger partial charge is 0.254 e. The minimum Gasteiger partial charge on any atom is -0.345 e. The Morgan fingerprint density at radius 1 is 0.929 bits per heavy atom. The fourth-order valence-corrected chi connectivity index (χ4v) is 2.99. The van der Waals surface area contributed by atoms with E-state index in [-0.39, 0.29) is 5.91 Å². The zero-order valence-corrected chi connectivity index (χ0v) is 15.9. The number of hydrogen-bond acceptors (Lipinski definition) is 5. The number of pyridine rings is 2. The molecule has 0 saturated heterocycles. The Kier molecular flexibility index (Phi) is 4.53. The minimum absolute atomic E-state index is 0.0662. The zero-order chi connectivity index (χ0) is 19.7. The first-order chi connectivity index (χ1) is 13.5. The molecule has 3 aromatic heterocycles. The van der Waals surface area contributed by atoms with Gasteiger partial charge in [-0.2, -0.15) is 0 Å². The lowest BCUT2D eigenvalue weighted by Crippen LogP contribution is -2.22. The van der Waals surface area contributed by atoms with Crippen molar-refractivity contribution < 1.29 is 4.79 Å². The summed E-state index contributed by atoms with van der Waals surface area (Å²) in [4.78, 5) is 32.2. The van der Waals surface area contributed by atoms with Crippen molar-refractivity contribution in [3.05, 3.63) is 72.2 Å². The van der Waals surface area contributed by atoms with Crippen LogP contribution >= 0.6 is 0 Å². The molecule has 0 atom stereocenters. The maximum absolute atomic E-state index is 12.7. The van der Waals surface area contributed by atoms with Crippen LogP contribution in [-0.4, -0.2) is 44.8 Å². The lowest BCUT2D eigenvalue weighted by atomic mass is 10.0. The first kappa shape index (κ1) is 17.7. The third-order valence-electron chi connectivity index (χ3n) is 4.44. The molecule has 6 nitrogen and oxygen atoms in total. The fraction of sp³-hybridized carbons (Fsp3) is 0.136. The van der Waals surface area contributed by atoms with Crippen LogP contribution in [0.15, 0.2) is 61.1 Å². The summed E-state index contributed by atoms with van der Waals surface area (Å²) in [6.07, 6.45) is 5.13. The average molecular weight is 369 g/mol. The van der Waals surface area contributed by atoms with E-state index in [0.717, 1.165) is 22.0 Å². The van der Waals surface area contributed by atoms with Gasteiger partial charge in [-0.25, -0.2) is 15.0 Å². The molecule has 3 heterocycles. The summed E-state index contributed by atoms with van der Waals surface area (Å²) < 4.78 is 0. The molecule has 0 N–H and O–H groups in total. The Balaban J connectivity index is 1.83. The topological polar surface area (TPSA) is 71.9 Å². The number of carbonyl (C=O) groups is 1. The van der Waals surface area contributed by atoms with Gasteiger partial charge in [-0.05, 0) is 36.8 Å². The van der Waals surface area contributed by atoms with Gasteiger partial charge in [0.15, 0.2) is 5.82 Å². The number of benzene rings is 1. The van der Waals surface area contributed by atoms with Crippen LogP contribution in [0.25, 0.3) is 33.7 Å². The summed E-state index contributed by atoms with van der Waals surface area (Å²) >= 11 is 0. The Morgan fingerprint density at radius 3 is 2.39 bits per heavy atom. The van der Waals surface area contributed by atoms with Crippen molar-refractivity contribution in [1.82, 2.24) is 24.8 Å². The monoisotopic (exact) mass is 369 g/mol. The van der Waals surface area contributed by atoms with E-state index in [1.165, 1.54) is 0 Å². The van der Waals surface area contributed by atoms with Crippen LogP contribution in [0.1, 0.15) is 15.9 Å². The molecule has 138 valence electrons. The van der Waals surface area contributed by atoms with E-state index in [1.54, 1.807) is 43.7 Å². The van der Waals surface area contributed by atoms with Crippen LogP contribution in [-0.2, 0) is 0 Å². The summed E-state index contributed by atoms with van der Waals surface area (Å²) in [5, 5.41) is 0.832. The van der Waals surface area contributed by atoms with Gasteiger partial charge in [-0.3, -0.25) is 9.78 Å². The van der Waals surface area contributed by atoms with Crippen molar-refractivity contribution in [2.24, 2.45) is 0 Å². The van der Waals surface area contributed by atoms with E-state index in [2.05, 4.69) is 15.0 Å². The molecule has 28 heavy (non-hydrogen) atoms. The molecular formula is C22H19N5O. The molecule has 0 radical (unpaired) electrons. The van der Waals surface area contributed by atoms with Gasteiger partial charge in [0, 0.05) is 43.6 Å². The van der Waals surface area contributed by atoms with Gasteiger partial charge in [0.05, 0.1) is 16.8 Å². The highest BCUT2D eigenvalue weighted by molar-refractivity contribution is 6.07. The molecule has 4 rings (SSSR count). The number of aryl methyl sites for hydroxylation is 1. The summed E-state index contributed by atoms with van der Waals surface area (Å²) in [6.45, 7) is 2.01. The number of rotatable bonds is 3. The highest BCUT2D eigenvalue weighted by Crippen LogP contribution is 2.26. The van der Waals surface area contributed by atoms with Crippen molar-refractivity contribution in [2.45, 2.75) is 6.92 Å². The molecule has 1 amide bonds. The van der Waals surface area contributed by atoms with Crippen LogP contribution in [0.2, 0.25) is 0 Å². The van der Waals surface area contributed by atoms with Crippen LogP contribution in [0.5, 0.6) is 0 Å². The molecule has 0 saturated carbocycles. The average Bonchev–Trinajstić information content (AvgIpc) is 2.73. The van der Waals surface area contributed by atoms with Crippen molar-refractivity contribution >= 4 is 16.8 Å². The maximum atomic E-state index is 12.7. The van der Waals surface area contributed by atoms with Gasteiger partial charge >= 0.3 is 0 Å². The predicted molar refractivity (Wildman–Crippen MR) is 109 cm³/mol. The standard InChI is InChI=1S/C22H19N5O/c1-14-7-8-16-17(22(28)27(2)3)11-19(26-20(16)10-14)15-12-24-21(25-13-15)18-6-4-5-9-23-18/h4-13H,1-3H3. The van der Waals surface area contributed by atoms with Crippen molar-refractivity contribution in [3.63, 3.8) is 0 Å².